The van der Waals surface area contributed by atoms with Gasteiger partial charge in [-0.1, -0.05) is 12.1 Å². The Balaban J connectivity index is 1.94. The molecule has 0 aromatic heterocycles. The molecule has 21 heavy (non-hydrogen) atoms. The van der Waals surface area contributed by atoms with E-state index in [1.807, 2.05) is 6.92 Å². The maximum atomic E-state index is 12.1. The molecule has 2 unspecified atom stereocenters. The highest BCUT2D eigenvalue weighted by Crippen LogP contribution is 2.29. The van der Waals surface area contributed by atoms with Crippen molar-refractivity contribution in [1.29, 1.82) is 0 Å². The molecule has 0 bridgehead atoms. The first-order chi connectivity index (χ1) is 9.95. The molecule has 1 fully saturated rings. The largest absolute Gasteiger partial charge is 0.481 e. The molecular weight excluding hydrogens is 280 g/mol. The van der Waals surface area contributed by atoms with Crippen molar-refractivity contribution in [2.45, 2.75) is 32.4 Å². The third kappa shape index (κ3) is 4.39. The summed E-state index contributed by atoms with van der Waals surface area (Å²) in [5.41, 5.74) is 1.01. The number of alkyl halides is 2. The van der Waals surface area contributed by atoms with Crippen LogP contribution in [0.2, 0.25) is 0 Å². The van der Waals surface area contributed by atoms with Crippen LogP contribution < -0.4 is 4.74 Å². The predicted molar refractivity (Wildman–Crippen MR) is 73.4 cm³/mol. The Labute approximate surface area is 122 Å². The summed E-state index contributed by atoms with van der Waals surface area (Å²) in [6.07, 6.45) is 1.08. The van der Waals surface area contributed by atoms with Crippen molar-refractivity contribution in [2.24, 2.45) is 5.92 Å². The summed E-state index contributed by atoms with van der Waals surface area (Å²) in [4.78, 5) is 13.0. The van der Waals surface area contributed by atoms with Crippen LogP contribution in [-0.2, 0) is 4.79 Å². The number of rotatable bonds is 6. The Kier molecular flexibility index (Phi) is 5.12. The number of likely N-dealkylation sites (tertiary alicyclic amines) is 1. The van der Waals surface area contributed by atoms with Gasteiger partial charge < -0.3 is 9.84 Å². The Morgan fingerprint density at radius 1 is 1.43 bits per heavy atom. The van der Waals surface area contributed by atoms with Crippen LogP contribution >= 0.6 is 0 Å². The van der Waals surface area contributed by atoms with Gasteiger partial charge in [0.25, 0.3) is 0 Å². The number of ether oxygens (including phenoxy) is 1. The summed E-state index contributed by atoms with van der Waals surface area (Å²) < 4.78 is 28.5. The Hall–Kier alpha value is -1.69. The summed E-state index contributed by atoms with van der Waals surface area (Å²) >= 11 is 0. The molecule has 1 aliphatic heterocycles. The number of hydrogen-bond donors (Lipinski definition) is 1. The second-order valence-corrected chi connectivity index (χ2v) is 5.37. The molecule has 0 aliphatic carbocycles. The maximum Gasteiger partial charge on any atom is 0.387 e. The zero-order valence-corrected chi connectivity index (χ0v) is 11.8. The number of carboxylic acids is 1. The van der Waals surface area contributed by atoms with Crippen LogP contribution in [0.15, 0.2) is 24.3 Å². The van der Waals surface area contributed by atoms with Gasteiger partial charge in [0.1, 0.15) is 5.75 Å². The molecule has 4 nitrogen and oxygen atoms in total. The van der Waals surface area contributed by atoms with E-state index in [1.165, 1.54) is 12.1 Å². The molecule has 6 heteroatoms. The van der Waals surface area contributed by atoms with E-state index >= 15 is 0 Å². The van der Waals surface area contributed by atoms with Gasteiger partial charge in [0.2, 0.25) is 0 Å². The Morgan fingerprint density at radius 2 is 2.10 bits per heavy atom. The summed E-state index contributed by atoms with van der Waals surface area (Å²) in [5.74, 6) is -0.430. The number of carbonyl (C=O) groups is 1. The van der Waals surface area contributed by atoms with Gasteiger partial charge in [-0.3, -0.25) is 9.69 Å². The number of nitrogens with zero attached hydrogens (tertiary/aromatic N) is 1. The van der Waals surface area contributed by atoms with E-state index in [2.05, 4.69) is 9.64 Å². The first-order valence-corrected chi connectivity index (χ1v) is 6.96. The molecule has 1 aliphatic rings. The number of carboxylic acid groups (broad SMARTS) is 1. The maximum absolute atomic E-state index is 12.1. The van der Waals surface area contributed by atoms with Gasteiger partial charge in [-0.05, 0) is 43.5 Å². The molecule has 0 saturated carbocycles. The van der Waals surface area contributed by atoms with Crippen LogP contribution in [0.3, 0.4) is 0 Å². The lowest BCUT2D eigenvalue weighted by molar-refractivity contribution is -0.138. The van der Waals surface area contributed by atoms with Crippen molar-refractivity contribution in [1.82, 2.24) is 4.90 Å². The minimum atomic E-state index is -2.82. The Bertz CT molecular complexity index is 478. The van der Waals surface area contributed by atoms with Crippen LogP contribution in [0.4, 0.5) is 8.78 Å². The molecule has 0 spiro atoms. The van der Waals surface area contributed by atoms with E-state index < -0.39 is 12.6 Å². The van der Waals surface area contributed by atoms with Crippen LogP contribution in [-0.4, -0.2) is 35.7 Å². The standard InChI is InChI=1S/C15H19F2NO3/c1-10(18-7-6-11(9-18)8-14(19)20)12-2-4-13(5-3-12)21-15(16)17/h2-5,10-11,15H,6-9H2,1H3,(H,19,20). The lowest BCUT2D eigenvalue weighted by Gasteiger charge is -2.24. The fourth-order valence-corrected chi connectivity index (χ4v) is 2.77. The fourth-order valence-electron chi connectivity index (χ4n) is 2.77. The third-order valence-corrected chi connectivity index (χ3v) is 3.92. The molecule has 116 valence electrons. The van der Waals surface area contributed by atoms with Gasteiger partial charge in [0.05, 0.1) is 0 Å². The molecular formula is C15H19F2NO3. The minimum absolute atomic E-state index is 0.129. The fraction of sp³-hybridized carbons (Fsp3) is 0.533. The lowest BCUT2D eigenvalue weighted by atomic mass is 10.0. The quantitative estimate of drug-likeness (QED) is 0.876. The van der Waals surface area contributed by atoms with E-state index in [0.29, 0.717) is 0 Å². The molecule has 1 N–H and O–H groups in total. The first-order valence-electron chi connectivity index (χ1n) is 6.96. The van der Waals surface area contributed by atoms with E-state index in [4.69, 9.17) is 5.11 Å². The van der Waals surface area contributed by atoms with Crippen molar-refractivity contribution >= 4 is 5.97 Å². The number of aliphatic carboxylic acids is 1. The summed E-state index contributed by atoms with van der Waals surface area (Å²) in [6.45, 7) is 0.826. The average molecular weight is 299 g/mol. The highest BCUT2D eigenvalue weighted by Gasteiger charge is 2.28. The van der Waals surface area contributed by atoms with E-state index in [0.717, 1.165) is 25.1 Å². The van der Waals surface area contributed by atoms with Crippen molar-refractivity contribution in [3.05, 3.63) is 29.8 Å². The predicted octanol–water partition coefficient (Wildman–Crippen LogP) is 3.15. The average Bonchev–Trinajstić information content (AvgIpc) is 2.85. The van der Waals surface area contributed by atoms with Gasteiger partial charge >= 0.3 is 12.6 Å². The smallest absolute Gasteiger partial charge is 0.387 e. The second-order valence-electron chi connectivity index (χ2n) is 5.37. The van der Waals surface area contributed by atoms with Crippen molar-refractivity contribution in [3.8, 4) is 5.75 Å². The van der Waals surface area contributed by atoms with Gasteiger partial charge in [-0.2, -0.15) is 8.78 Å². The normalized spacial score (nSPS) is 20.7. The third-order valence-electron chi connectivity index (χ3n) is 3.92. The topological polar surface area (TPSA) is 49.8 Å². The van der Waals surface area contributed by atoms with Gasteiger partial charge in [-0.15, -0.1) is 0 Å². The van der Waals surface area contributed by atoms with Crippen molar-refractivity contribution in [2.75, 3.05) is 13.1 Å². The molecule has 2 rings (SSSR count). The minimum Gasteiger partial charge on any atom is -0.481 e. The van der Waals surface area contributed by atoms with E-state index in [-0.39, 0.29) is 24.1 Å². The van der Waals surface area contributed by atoms with E-state index in [1.54, 1.807) is 12.1 Å². The summed E-state index contributed by atoms with van der Waals surface area (Å²) in [5, 5.41) is 8.82. The molecule has 0 amide bonds. The Morgan fingerprint density at radius 3 is 2.67 bits per heavy atom. The first kappa shape index (κ1) is 15.7. The van der Waals surface area contributed by atoms with Gasteiger partial charge in [0.15, 0.2) is 0 Å². The zero-order valence-electron chi connectivity index (χ0n) is 11.8. The van der Waals surface area contributed by atoms with Crippen LogP contribution in [0.1, 0.15) is 31.4 Å². The molecule has 1 saturated heterocycles. The molecule has 1 aromatic carbocycles. The van der Waals surface area contributed by atoms with Crippen LogP contribution in [0.5, 0.6) is 5.75 Å². The highest BCUT2D eigenvalue weighted by molar-refractivity contribution is 5.67. The summed E-state index contributed by atoms with van der Waals surface area (Å²) in [7, 11) is 0. The SMILES string of the molecule is CC(c1ccc(OC(F)F)cc1)N1CCC(CC(=O)O)C1. The van der Waals surface area contributed by atoms with Crippen molar-refractivity contribution in [3.63, 3.8) is 0 Å². The van der Waals surface area contributed by atoms with E-state index in [9.17, 15) is 13.6 Å². The molecule has 0 radical (unpaired) electrons. The van der Waals surface area contributed by atoms with Crippen LogP contribution in [0, 0.1) is 5.92 Å². The van der Waals surface area contributed by atoms with Gasteiger partial charge in [-0.25, -0.2) is 0 Å². The number of halogens is 2. The molecule has 1 heterocycles. The zero-order chi connectivity index (χ0) is 15.4. The van der Waals surface area contributed by atoms with Crippen molar-refractivity contribution < 1.29 is 23.4 Å². The molecule has 1 aromatic rings. The van der Waals surface area contributed by atoms with Gasteiger partial charge in [0, 0.05) is 19.0 Å². The lowest BCUT2D eigenvalue weighted by Crippen LogP contribution is -2.25. The number of benzene rings is 1. The summed E-state index contributed by atoms with van der Waals surface area (Å²) in [6, 6.07) is 6.73. The second kappa shape index (κ2) is 6.85. The number of hydrogen-bond acceptors (Lipinski definition) is 3. The van der Waals surface area contributed by atoms with Crippen LogP contribution in [0.25, 0.3) is 0 Å². The monoisotopic (exact) mass is 299 g/mol. The highest BCUT2D eigenvalue weighted by atomic mass is 19.3. The molecule has 2 atom stereocenters.